The van der Waals surface area contributed by atoms with E-state index in [-0.39, 0.29) is 5.91 Å². The van der Waals surface area contributed by atoms with Crippen LogP contribution in [0.3, 0.4) is 0 Å². The number of likely N-dealkylation sites (N-methyl/N-ethyl adjacent to an activating group) is 1. The number of hydrogen-bond acceptors (Lipinski definition) is 3. The number of rotatable bonds is 6. The van der Waals surface area contributed by atoms with E-state index in [1.165, 1.54) is 0 Å². The highest BCUT2D eigenvalue weighted by atomic mass is 35.5. The third kappa shape index (κ3) is 4.47. The maximum Gasteiger partial charge on any atom is 0.246 e. The molecule has 5 heteroatoms. The van der Waals surface area contributed by atoms with Crippen molar-refractivity contribution in [1.82, 2.24) is 4.90 Å². The van der Waals surface area contributed by atoms with E-state index >= 15 is 0 Å². The molecule has 0 saturated heterocycles. The van der Waals surface area contributed by atoms with Gasteiger partial charge in [0.05, 0.1) is 6.54 Å². The first-order valence-corrected chi connectivity index (χ1v) is 7.77. The van der Waals surface area contributed by atoms with Gasteiger partial charge < -0.3 is 15.4 Å². The van der Waals surface area contributed by atoms with Gasteiger partial charge in [0.1, 0.15) is 17.9 Å². The van der Waals surface area contributed by atoms with Crippen LogP contribution in [-0.2, 0) is 10.3 Å². The van der Waals surface area contributed by atoms with Crippen molar-refractivity contribution in [3.63, 3.8) is 0 Å². The first-order valence-electron chi connectivity index (χ1n) is 7.39. The van der Waals surface area contributed by atoms with E-state index in [2.05, 4.69) is 0 Å². The molecule has 0 aliphatic heterocycles. The van der Waals surface area contributed by atoms with E-state index in [0.717, 1.165) is 5.56 Å². The van der Waals surface area contributed by atoms with Crippen molar-refractivity contribution in [3.05, 3.63) is 65.2 Å². The van der Waals surface area contributed by atoms with Gasteiger partial charge in [0.2, 0.25) is 5.91 Å². The fraction of sp³-hybridized carbons (Fsp3) is 0.278. The van der Waals surface area contributed by atoms with Gasteiger partial charge in [-0.1, -0.05) is 48.0 Å². The lowest BCUT2D eigenvalue weighted by molar-refractivity contribution is -0.135. The molecule has 23 heavy (non-hydrogen) atoms. The molecular formula is C18H21ClN2O2. The van der Waals surface area contributed by atoms with Gasteiger partial charge in [0.15, 0.2) is 0 Å². The first-order chi connectivity index (χ1) is 10.9. The monoisotopic (exact) mass is 332 g/mol. The number of amides is 1. The maximum atomic E-state index is 12.6. The molecule has 2 aromatic rings. The highest BCUT2D eigenvalue weighted by molar-refractivity contribution is 6.30. The van der Waals surface area contributed by atoms with Crippen molar-refractivity contribution in [2.75, 3.05) is 20.2 Å². The predicted octanol–water partition coefficient (Wildman–Crippen LogP) is 3.05. The van der Waals surface area contributed by atoms with Crippen LogP contribution < -0.4 is 10.5 Å². The summed E-state index contributed by atoms with van der Waals surface area (Å²) in [5, 5.41) is 0.616. The number of carbonyl (C=O) groups excluding carboxylic acids is 1. The van der Waals surface area contributed by atoms with Crippen molar-refractivity contribution >= 4 is 17.5 Å². The summed E-state index contributed by atoms with van der Waals surface area (Å²) in [6.45, 7) is 2.53. The lowest BCUT2D eigenvalue weighted by atomic mass is 9.92. The number of nitrogens with two attached hydrogens (primary N) is 1. The Morgan fingerprint density at radius 2 is 1.91 bits per heavy atom. The van der Waals surface area contributed by atoms with Crippen molar-refractivity contribution in [1.29, 1.82) is 0 Å². The molecule has 4 nitrogen and oxygen atoms in total. The number of benzene rings is 2. The summed E-state index contributed by atoms with van der Waals surface area (Å²) < 4.78 is 5.61. The first kappa shape index (κ1) is 17.3. The minimum atomic E-state index is -1.06. The Kier molecular flexibility index (Phi) is 5.64. The topological polar surface area (TPSA) is 55.6 Å². The van der Waals surface area contributed by atoms with E-state index in [4.69, 9.17) is 22.1 Å². The zero-order valence-corrected chi connectivity index (χ0v) is 14.1. The average Bonchev–Trinajstić information content (AvgIpc) is 2.55. The lowest BCUT2D eigenvalue weighted by Crippen LogP contribution is -2.50. The van der Waals surface area contributed by atoms with Crippen molar-refractivity contribution < 1.29 is 9.53 Å². The van der Waals surface area contributed by atoms with Crippen LogP contribution in [-0.4, -0.2) is 31.0 Å². The van der Waals surface area contributed by atoms with Crippen LogP contribution in [0.4, 0.5) is 0 Å². The average molecular weight is 333 g/mol. The second-order valence-electron chi connectivity index (χ2n) is 5.60. The van der Waals surface area contributed by atoms with Crippen LogP contribution in [0.15, 0.2) is 54.6 Å². The second-order valence-corrected chi connectivity index (χ2v) is 6.04. The zero-order chi connectivity index (χ0) is 16.9. The SMILES string of the molecule is CN(CCOc1cccc(Cl)c1)C(=O)C(C)(N)c1ccccc1. The van der Waals surface area contributed by atoms with E-state index in [9.17, 15) is 4.79 Å². The normalized spacial score (nSPS) is 13.2. The quantitative estimate of drug-likeness (QED) is 0.884. The Labute approximate surface area is 141 Å². The molecule has 0 bridgehead atoms. The molecule has 1 atom stereocenters. The van der Waals surface area contributed by atoms with E-state index in [1.807, 2.05) is 42.5 Å². The summed E-state index contributed by atoms with van der Waals surface area (Å²) in [6.07, 6.45) is 0. The number of carbonyl (C=O) groups is 1. The van der Waals surface area contributed by atoms with Gasteiger partial charge in [-0.05, 0) is 30.7 Å². The fourth-order valence-electron chi connectivity index (χ4n) is 2.26. The number of hydrogen-bond donors (Lipinski definition) is 1. The summed E-state index contributed by atoms with van der Waals surface area (Å²) in [7, 11) is 1.72. The van der Waals surface area contributed by atoms with Crippen LogP contribution >= 0.6 is 11.6 Å². The molecule has 2 N–H and O–H groups in total. The van der Waals surface area contributed by atoms with Crippen LogP contribution in [0, 0.1) is 0 Å². The number of nitrogens with zero attached hydrogens (tertiary/aromatic N) is 1. The third-order valence-electron chi connectivity index (χ3n) is 3.66. The standard InChI is InChI=1S/C18H21ClN2O2/c1-18(20,14-7-4-3-5-8-14)17(22)21(2)11-12-23-16-10-6-9-15(19)13-16/h3-10,13H,11-12,20H2,1-2H3. The van der Waals surface area contributed by atoms with Gasteiger partial charge in [0.25, 0.3) is 0 Å². The van der Waals surface area contributed by atoms with E-state index in [0.29, 0.717) is 23.9 Å². The molecule has 0 aliphatic carbocycles. The molecule has 0 saturated carbocycles. The highest BCUT2D eigenvalue weighted by Gasteiger charge is 2.32. The second kappa shape index (κ2) is 7.49. The molecule has 1 unspecified atom stereocenters. The molecule has 1 amide bonds. The van der Waals surface area contributed by atoms with E-state index < -0.39 is 5.54 Å². The van der Waals surface area contributed by atoms with Gasteiger partial charge >= 0.3 is 0 Å². The van der Waals surface area contributed by atoms with Crippen LogP contribution in [0.1, 0.15) is 12.5 Å². The summed E-state index contributed by atoms with van der Waals surface area (Å²) >= 11 is 5.90. The number of ether oxygens (including phenoxy) is 1. The Morgan fingerprint density at radius 3 is 2.57 bits per heavy atom. The molecule has 2 aromatic carbocycles. The summed E-state index contributed by atoms with van der Waals surface area (Å²) in [5.41, 5.74) is 5.96. The Morgan fingerprint density at radius 1 is 1.22 bits per heavy atom. The largest absolute Gasteiger partial charge is 0.492 e. The maximum absolute atomic E-state index is 12.6. The zero-order valence-electron chi connectivity index (χ0n) is 13.3. The van der Waals surface area contributed by atoms with Gasteiger partial charge in [0, 0.05) is 12.1 Å². The fourth-order valence-corrected chi connectivity index (χ4v) is 2.44. The van der Waals surface area contributed by atoms with E-state index in [1.54, 1.807) is 31.0 Å². The molecule has 0 radical (unpaired) electrons. The molecule has 2 rings (SSSR count). The van der Waals surface area contributed by atoms with Gasteiger partial charge in [-0.3, -0.25) is 4.79 Å². The Balaban J connectivity index is 1.92. The molecule has 0 spiro atoms. The molecular weight excluding hydrogens is 312 g/mol. The Hall–Kier alpha value is -2.04. The predicted molar refractivity (Wildman–Crippen MR) is 92.6 cm³/mol. The minimum Gasteiger partial charge on any atom is -0.492 e. The van der Waals surface area contributed by atoms with Crippen molar-refractivity contribution in [2.24, 2.45) is 5.73 Å². The highest BCUT2D eigenvalue weighted by Crippen LogP contribution is 2.20. The molecule has 0 aliphatic rings. The molecule has 122 valence electrons. The lowest BCUT2D eigenvalue weighted by Gasteiger charge is -2.29. The van der Waals surface area contributed by atoms with Gasteiger partial charge in [-0.15, -0.1) is 0 Å². The summed E-state index contributed by atoms with van der Waals surface area (Å²) in [6, 6.07) is 16.5. The third-order valence-corrected chi connectivity index (χ3v) is 3.89. The molecule has 0 heterocycles. The van der Waals surface area contributed by atoms with Crippen LogP contribution in [0.2, 0.25) is 5.02 Å². The van der Waals surface area contributed by atoms with Gasteiger partial charge in [-0.2, -0.15) is 0 Å². The summed E-state index contributed by atoms with van der Waals surface area (Å²) in [4.78, 5) is 14.2. The Bertz CT molecular complexity index is 659. The van der Waals surface area contributed by atoms with Crippen molar-refractivity contribution in [2.45, 2.75) is 12.5 Å². The minimum absolute atomic E-state index is 0.154. The van der Waals surface area contributed by atoms with Crippen molar-refractivity contribution in [3.8, 4) is 5.75 Å². The van der Waals surface area contributed by atoms with Crippen LogP contribution in [0.5, 0.6) is 5.75 Å². The van der Waals surface area contributed by atoms with Crippen LogP contribution in [0.25, 0.3) is 0 Å². The number of halogens is 1. The summed E-state index contributed by atoms with van der Waals surface area (Å²) in [5.74, 6) is 0.523. The smallest absolute Gasteiger partial charge is 0.246 e. The molecule has 0 aromatic heterocycles. The van der Waals surface area contributed by atoms with Gasteiger partial charge in [-0.25, -0.2) is 0 Å². The molecule has 0 fully saturated rings.